The number of β-amino-alcohol motifs (C(OH)–C–C–N with tert-alkyl or cyclic N) is 1. The molecule has 1 aliphatic heterocycles. The molecule has 1 aromatic carbocycles. The first-order valence-electron chi connectivity index (χ1n) is 7.16. The van der Waals surface area contributed by atoms with E-state index in [2.05, 4.69) is 15.3 Å². The summed E-state index contributed by atoms with van der Waals surface area (Å²) in [6, 6.07) is 5.83. The summed E-state index contributed by atoms with van der Waals surface area (Å²) in [6.07, 6.45) is 0.849. The molecule has 0 spiro atoms. The third-order valence-corrected chi connectivity index (χ3v) is 4.04. The Hall–Kier alpha value is -1.96. The van der Waals surface area contributed by atoms with Crippen molar-refractivity contribution in [2.24, 2.45) is 5.92 Å². The van der Waals surface area contributed by atoms with Crippen LogP contribution in [0.3, 0.4) is 0 Å². The zero-order valence-electron chi connectivity index (χ0n) is 12.2. The van der Waals surface area contributed by atoms with Gasteiger partial charge in [-0.25, -0.2) is 9.37 Å². The largest absolute Gasteiger partial charge is 0.396 e. The molecule has 0 amide bonds. The standard InChI is InChI=1S/C15H16ClFN4O2/c16-12-5-18-15(21-6-9(8-22)13(23)7-21)20-14(12)19-11-3-1-10(17)2-4-11/h1-5,9,13,22-23H,6-8H2,(H,18,19,20). The number of nitrogens with one attached hydrogen (secondary N) is 1. The lowest BCUT2D eigenvalue weighted by Gasteiger charge is -2.17. The molecule has 3 N–H and O–H groups in total. The van der Waals surface area contributed by atoms with E-state index in [4.69, 9.17) is 11.6 Å². The Kier molecular flexibility index (Phi) is 4.61. The van der Waals surface area contributed by atoms with Gasteiger partial charge in [0.25, 0.3) is 0 Å². The summed E-state index contributed by atoms with van der Waals surface area (Å²) in [6.45, 7) is 0.726. The van der Waals surface area contributed by atoms with Crippen LogP contribution in [0, 0.1) is 11.7 Å². The number of benzene rings is 1. The summed E-state index contributed by atoms with van der Waals surface area (Å²) in [5.41, 5.74) is 0.646. The molecular weight excluding hydrogens is 323 g/mol. The van der Waals surface area contributed by atoms with Gasteiger partial charge in [0.15, 0.2) is 5.82 Å². The van der Waals surface area contributed by atoms with E-state index in [1.165, 1.54) is 18.3 Å². The van der Waals surface area contributed by atoms with Crippen molar-refractivity contribution in [1.82, 2.24) is 9.97 Å². The van der Waals surface area contributed by atoms with Crippen LogP contribution in [-0.2, 0) is 0 Å². The van der Waals surface area contributed by atoms with Crippen LogP contribution in [0.1, 0.15) is 0 Å². The molecule has 1 fully saturated rings. The maximum Gasteiger partial charge on any atom is 0.227 e. The summed E-state index contributed by atoms with van der Waals surface area (Å²) in [5, 5.41) is 22.4. The van der Waals surface area contributed by atoms with Crippen LogP contribution in [0.15, 0.2) is 30.5 Å². The summed E-state index contributed by atoms with van der Waals surface area (Å²) in [7, 11) is 0. The fraction of sp³-hybridized carbons (Fsp3) is 0.333. The van der Waals surface area contributed by atoms with Gasteiger partial charge in [-0.05, 0) is 24.3 Å². The van der Waals surface area contributed by atoms with E-state index < -0.39 is 6.10 Å². The second-order valence-electron chi connectivity index (χ2n) is 5.41. The highest BCUT2D eigenvalue weighted by Gasteiger charge is 2.32. The fourth-order valence-electron chi connectivity index (χ4n) is 2.46. The Morgan fingerprint density at radius 3 is 2.70 bits per heavy atom. The van der Waals surface area contributed by atoms with Gasteiger partial charge < -0.3 is 20.4 Å². The molecular formula is C15H16ClFN4O2. The van der Waals surface area contributed by atoms with Crippen molar-refractivity contribution in [2.75, 3.05) is 29.9 Å². The number of anilines is 3. The second-order valence-corrected chi connectivity index (χ2v) is 5.82. The van der Waals surface area contributed by atoms with Gasteiger partial charge in [-0.3, -0.25) is 0 Å². The minimum Gasteiger partial charge on any atom is -0.396 e. The zero-order valence-corrected chi connectivity index (χ0v) is 12.9. The molecule has 6 nitrogen and oxygen atoms in total. The van der Waals surface area contributed by atoms with E-state index in [0.29, 0.717) is 35.6 Å². The molecule has 0 bridgehead atoms. The second kappa shape index (κ2) is 6.66. The van der Waals surface area contributed by atoms with Crippen LogP contribution in [0.2, 0.25) is 5.02 Å². The van der Waals surface area contributed by atoms with Crippen LogP contribution in [0.25, 0.3) is 0 Å². The molecule has 0 saturated carbocycles. The maximum absolute atomic E-state index is 12.9. The van der Waals surface area contributed by atoms with Gasteiger partial charge in [0, 0.05) is 24.7 Å². The van der Waals surface area contributed by atoms with Crippen molar-refractivity contribution >= 4 is 29.1 Å². The third-order valence-electron chi connectivity index (χ3n) is 3.76. The average molecular weight is 339 g/mol. The first-order valence-corrected chi connectivity index (χ1v) is 7.53. The molecule has 1 aliphatic rings. The molecule has 2 unspecified atom stereocenters. The molecule has 1 saturated heterocycles. The third kappa shape index (κ3) is 3.52. The minimum absolute atomic E-state index is 0.0913. The Balaban J connectivity index is 1.81. The molecule has 23 heavy (non-hydrogen) atoms. The van der Waals surface area contributed by atoms with Crippen molar-refractivity contribution in [3.63, 3.8) is 0 Å². The molecule has 2 atom stereocenters. The number of hydrogen-bond donors (Lipinski definition) is 3. The Morgan fingerprint density at radius 1 is 1.30 bits per heavy atom. The van der Waals surface area contributed by atoms with Gasteiger partial charge in [0.1, 0.15) is 10.8 Å². The highest BCUT2D eigenvalue weighted by atomic mass is 35.5. The molecule has 2 heterocycles. The Morgan fingerprint density at radius 2 is 2.04 bits per heavy atom. The van der Waals surface area contributed by atoms with Crippen molar-refractivity contribution in [3.8, 4) is 0 Å². The quantitative estimate of drug-likeness (QED) is 0.788. The van der Waals surface area contributed by atoms with Crippen molar-refractivity contribution in [2.45, 2.75) is 6.10 Å². The van der Waals surface area contributed by atoms with Gasteiger partial charge in [0.2, 0.25) is 5.95 Å². The van der Waals surface area contributed by atoms with E-state index >= 15 is 0 Å². The van der Waals surface area contributed by atoms with E-state index in [1.54, 1.807) is 17.0 Å². The minimum atomic E-state index is -0.618. The van der Waals surface area contributed by atoms with Crippen molar-refractivity contribution in [3.05, 3.63) is 41.3 Å². The summed E-state index contributed by atoms with van der Waals surface area (Å²) in [4.78, 5) is 10.3. The molecule has 122 valence electrons. The number of aliphatic hydroxyl groups excluding tert-OH is 2. The predicted molar refractivity (Wildman–Crippen MR) is 85.5 cm³/mol. The van der Waals surface area contributed by atoms with Gasteiger partial charge in [-0.1, -0.05) is 11.6 Å². The number of hydrogen-bond acceptors (Lipinski definition) is 6. The van der Waals surface area contributed by atoms with E-state index in [0.717, 1.165) is 0 Å². The van der Waals surface area contributed by atoms with Crippen molar-refractivity contribution in [1.29, 1.82) is 0 Å². The fourth-order valence-corrected chi connectivity index (χ4v) is 2.60. The lowest BCUT2D eigenvalue weighted by Crippen LogP contribution is -2.23. The normalized spacial score (nSPS) is 20.8. The van der Waals surface area contributed by atoms with Gasteiger partial charge in [-0.2, -0.15) is 4.98 Å². The number of nitrogens with zero attached hydrogens (tertiary/aromatic N) is 3. The molecule has 1 aromatic heterocycles. The summed E-state index contributed by atoms with van der Waals surface area (Å²) >= 11 is 6.10. The summed E-state index contributed by atoms with van der Waals surface area (Å²) in [5.74, 6) is 0.258. The lowest BCUT2D eigenvalue weighted by atomic mass is 10.1. The zero-order chi connectivity index (χ0) is 16.4. The first-order chi connectivity index (χ1) is 11.1. The highest BCUT2D eigenvalue weighted by Crippen LogP contribution is 2.27. The number of aromatic nitrogens is 2. The lowest BCUT2D eigenvalue weighted by molar-refractivity contribution is 0.104. The van der Waals surface area contributed by atoms with Gasteiger partial charge >= 0.3 is 0 Å². The molecule has 0 aliphatic carbocycles. The molecule has 2 aromatic rings. The molecule has 3 rings (SSSR count). The van der Waals surface area contributed by atoms with Crippen LogP contribution < -0.4 is 10.2 Å². The number of aliphatic hydroxyl groups is 2. The number of halogens is 2. The topological polar surface area (TPSA) is 81.5 Å². The SMILES string of the molecule is OCC1CN(c2ncc(Cl)c(Nc3ccc(F)cc3)n2)CC1O. The van der Waals surface area contributed by atoms with Crippen LogP contribution in [0.4, 0.5) is 21.8 Å². The van der Waals surface area contributed by atoms with Gasteiger partial charge in [0.05, 0.1) is 18.9 Å². The van der Waals surface area contributed by atoms with Crippen LogP contribution in [-0.4, -0.2) is 46.0 Å². The smallest absolute Gasteiger partial charge is 0.227 e. The average Bonchev–Trinajstić information content (AvgIpc) is 2.92. The van der Waals surface area contributed by atoms with E-state index in [1.807, 2.05) is 0 Å². The monoisotopic (exact) mass is 338 g/mol. The van der Waals surface area contributed by atoms with E-state index in [9.17, 15) is 14.6 Å². The Labute approximate surface area is 137 Å². The van der Waals surface area contributed by atoms with Gasteiger partial charge in [-0.15, -0.1) is 0 Å². The molecule has 0 radical (unpaired) electrons. The van der Waals surface area contributed by atoms with Crippen LogP contribution in [0.5, 0.6) is 0 Å². The first kappa shape index (κ1) is 15.9. The van der Waals surface area contributed by atoms with Crippen LogP contribution >= 0.6 is 11.6 Å². The summed E-state index contributed by atoms with van der Waals surface area (Å²) < 4.78 is 12.9. The predicted octanol–water partition coefficient (Wildman–Crippen LogP) is 1.80. The highest BCUT2D eigenvalue weighted by molar-refractivity contribution is 6.32. The maximum atomic E-state index is 12.9. The Bertz CT molecular complexity index is 686. The number of rotatable bonds is 4. The van der Waals surface area contributed by atoms with Crippen molar-refractivity contribution < 1.29 is 14.6 Å². The molecule has 8 heteroatoms. The van der Waals surface area contributed by atoms with E-state index in [-0.39, 0.29) is 18.3 Å².